The first-order valence-electron chi connectivity index (χ1n) is 12.1. The normalized spacial score (nSPS) is 11.2. The fraction of sp³-hybridized carbons (Fsp3) is 0.194. The molecule has 1 aromatic heterocycles. The van der Waals surface area contributed by atoms with Crippen molar-refractivity contribution in [1.82, 2.24) is 4.57 Å². The van der Waals surface area contributed by atoms with Gasteiger partial charge in [0.25, 0.3) is 5.56 Å². The molecule has 170 valence electrons. The Hall–Kier alpha value is -3.85. The summed E-state index contributed by atoms with van der Waals surface area (Å²) in [6.07, 6.45) is 5.77. The van der Waals surface area contributed by atoms with E-state index in [0.29, 0.717) is 6.61 Å². The number of pyridine rings is 1. The number of hydrogen-bond donors (Lipinski definition) is 0. The highest BCUT2D eigenvalue weighted by Crippen LogP contribution is 2.28. The van der Waals surface area contributed by atoms with Crippen LogP contribution in [0.15, 0.2) is 108 Å². The number of rotatable bonds is 9. The largest absolute Gasteiger partial charge is 0.494 e. The fourth-order valence-corrected chi connectivity index (χ4v) is 4.57. The first-order valence-corrected chi connectivity index (χ1v) is 12.1. The molecule has 34 heavy (non-hydrogen) atoms. The zero-order valence-corrected chi connectivity index (χ0v) is 19.3. The summed E-state index contributed by atoms with van der Waals surface area (Å²) in [5.74, 6) is 0.845. The molecule has 0 unspecified atom stereocenters. The van der Waals surface area contributed by atoms with E-state index in [2.05, 4.69) is 48.5 Å². The highest BCUT2D eigenvalue weighted by Gasteiger charge is 2.10. The number of nitrogens with zero attached hydrogens (tertiary/aromatic N) is 1. The summed E-state index contributed by atoms with van der Waals surface area (Å²) >= 11 is 0. The lowest BCUT2D eigenvalue weighted by Gasteiger charge is -2.14. The van der Waals surface area contributed by atoms with Gasteiger partial charge in [0.1, 0.15) is 5.75 Å². The maximum absolute atomic E-state index is 12.9. The number of fused-ring (bicyclic) bond motifs is 2. The molecule has 0 atom stereocenters. The number of ether oxygens (including phenoxy) is 1. The molecule has 0 spiro atoms. The molecule has 0 N–H and O–H groups in total. The summed E-state index contributed by atoms with van der Waals surface area (Å²) < 4.78 is 7.90. The Bertz CT molecular complexity index is 1450. The van der Waals surface area contributed by atoms with Gasteiger partial charge < -0.3 is 4.74 Å². The average molecular weight is 448 g/mol. The first kappa shape index (κ1) is 22.0. The minimum Gasteiger partial charge on any atom is -0.494 e. The lowest BCUT2D eigenvalue weighted by molar-refractivity contribution is 0.305. The van der Waals surface area contributed by atoms with Gasteiger partial charge in [0.05, 0.1) is 17.8 Å². The minimum atomic E-state index is -0.0342. The molecule has 3 heteroatoms. The quantitative estimate of drug-likeness (QED) is 0.222. The van der Waals surface area contributed by atoms with Crippen molar-refractivity contribution < 1.29 is 4.74 Å². The van der Waals surface area contributed by atoms with E-state index in [1.165, 1.54) is 18.4 Å². The predicted octanol–water partition coefficient (Wildman–Crippen LogP) is 7.33. The van der Waals surface area contributed by atoms with Gasteiger partial charge in [-0.15, -0.1) is 0 Å². The van der Waals surface area contributed by atoms with Crippen molar-refractivity contribution in [2.75, 3.05) is 6.61 Å². The summed E-state index contributed by atoms with van der Waals surface area (Å²) in [4.78, 5) is 12.9. The van der Waals surface area contributed by atoms with E-state index in [1.54, 1.807) is 10.6 Å². The van der Waals surface area contributed by atoms with Crippen molar-refractivity contribution in [1.29, 1.82) is 0 Å². The third-order valence-electron chi connectivity index (χ3n) is 6.35. The maximum Gasteiger partial charge on any atom is 0.255 e. The van der Waals surface area contributed by atoms with Gasteiger partial charge in [0.2, 0.25) is 0 Å². The Morgan fingerprint density at radius 3 is 2.32 bits per heavy atom. The van der Waals surface area contributed by atoms with Crippen LogP contribution in [0.1, 0.15) is 31.2 Å². The molecule has 3 nitrogen and oxygen atoms in total. The van der Waals surface area contributed by atoms with Crippen LogP contribution in [-0.4, -0.2) is 11.2 Å². The van der Waals surface area contributed by atoms with Gasteiger partial charge in [-0.25, -0.2) is 0 Å². The topological polar surface area (TPSA) is 31.2 Å². The smallest absolute Gasteiger partial charge is 0.255 e. The molecule has 0 fully saturated rings. The Balaban J connectivity index is 1.28. The van der Waals surface area contributed by atoms with Gasteiger partial charge in [-0.2, -0.15) is 0 Å². The second kappa shape index (κ2) is 10.4. The molecule has 0 aliphatic carbocycles. The molecule has 0 amide bonds. The molecule has 5 rings (SSSR count). The van der Waals surface area contributed by atoms with E-state index in [1.807, 2.05) is 48.5 Å². The van der Waals surface area contributed by atoms with E-state index >= 15 is 0 Å². The van der Waals surface area contributed by atoms with Crippen molar-refractivity contribution in [2.45, 2.75) is 32.1 Å². The number of unbranched alkanes of at least 4 members (excludes halogenated alkanes) is 3. The standard InChI is InChI=1S/C31H29NO2/c33-31-21-19-26-14-7-8-16-29(26)32(31)30-17-10-15-25-18-20-27(23-28(25)30)34-22-9-2-1-4-11-24-12-5-3-6-13-24/h3,5-8,10,12-21,23H,1-2,4,9,11,22H2. The summed E-state index contributed by atoms with van der Waals surface area (Å²) in [6, 6.07) is 34.4. The van der Waals surface area contributed by atoms with Crippen LogP contribution in [0.3, 0.4) is 0 Å². The van der Waals surface area contributed by atoms with E-state index in [0.717, 1.165) is 52.4 Å². The molecule has 0 radical (unpaired) electrons. The Kier molecular flexibility index (Phi) is 6.71. The molecule has 4 aromatic carbocycles. The van der Waals surface area contributed by atoms with E-state index in [4.69, 9.17) is 4.74 Å². The van der Waals surface area contributed by atoms with Gasteiger partial charge in [-0.1, -0.05) is 79.6 Å². The highest BCUT2D eigenvalue weighted by molar-refractivity contribution is 5.93. The first-order chi connectivity index (χ1) is 16.8. The summed E-state index contributed by atoms with van der Waals surface area (Å²) in [5, 5.41) is 3.14. The van der Waals surface area contributed by atoms with E-state index in [-0.39, 0.29) is 5.56 Å². The Labute approximate surface area is 200 Å². The number of aryl methyl sites for hydroxylation is 1. The van der Waals surface area contributed by atoms with Crippen LogP contribution < -0.4 is 10.3 Å². The van der Waals surface area contributed by atoms with Gasteiger partial charge in [-0.05, 0) is 65.9 Å². The van der Waals surface area contributed by atoms with Crippen LogP contribution in [0, 0.1) is 0 Å². The van der Waals surface area contributed by atoms with Gasteiger partial charge in [-0.3, -0.25) is 9.36 Å². The maximum atomic E-state index is 12.9. The van der Waals surface area contributed by atoms with Crippen molar-refractivity contribution in [2.24, 2.45) is 0 Å². The summed E-state index contributed by atoms with van der Waals surface area (Å²) in [7, 11) is 0. The highest BCUT2D eigenvalue weighted by atomic mass is 16.5. The second-order valence-electron chi connectivity index (χ2n) is 8.72. The fourth-order valence-electron chi connectivity index (χ4n) is 4.57. The molecular formula is C31H29NO2. The molecular weight excluding hydrogens is 418 g/mol. The average Bonchev–Trinajstić information content (AvgIpc) is 2.88. The Morgan fingerprint density at radius 1 is 0.647 bits per heavy atom. The van der Waals surface area contributed by atoms with Crippen LogP contribution in [0.5, 0.6) is 5.75 Å². The monoisotopic (exact) mass is 447 g/mol. The molecule has 5 aromatic rings. The van der Waals surface area contributed by atoms with Crippen molar-refractivity contribution in [3.05, 3.63) is 119 Å². The number of benzene rings is 4. The van der Waals surface area contributed by atoms with E-state index < -0.39 is 0 Å². The SMILES string of the molecule is O=c1ccc2ccccc2n1-c1cccc2ccc(OCCCCCCc3ccccc3)cc12. The van der Waals surface area contributed by atoms with Crippen LogP contribution in [-0.2, 0) is 6.42 Å². The molecule has 0 aliphatic heterocycles. The second-order valence-corrected chi connectivity index (χ2v) is 8.72. The van der Waals surface area contributed by atoms with Crippen LogP contribution in [0.2, 0.25) is 0 Å². The lowest BCUT2D eigenvalue weighted by Crippen LogP contribution is -2.17. The molecule has 0 saturated carbocycles. The molecule has 0 aliphatic rings. The third kappa shape index (κ3) is 4.89. The van der Waals surface area contributed by atoms with Gasteiger partial charge in [0.15, 0.2) is 0 Å². The number of para-hydroxylation sites is 1. The number of aromatic nitrogens is 1. The van der Waals surface area contributed by atoms with Crippen LogP contribution in [0.25, 0.3) is 27.4 Å². The Morgan fingerprint density at radius 2 is 1.41 bits per heavy atom. The summed E-state index contributed by atoms with van der Waals surface area (Å²) in [6.45, 7) is 0.702. The molecule has 0 saturated heterocycles. The predicted molar refractivity (Wildman–Crippen MR) is 141 cm³/mol. The van der Waals surface area contributed by atoms with Crippen LogP contribution in [0.4, 0.5) is 0 Å². The van der Waals surface area contributed by atoms with Crippen molar-refractivity contribution in [3.63, 3.8) is 0 Å². The van der Waals surface area contributed by atoms with Crippen molar-refractivity contribution >= 4 is 21.7 Å². The molecule has 1 heterocycles. The summed E-state index contributed by atoms with van der Waals surface area (Å²) in [5.41, 5.74) is 3.17. The van der Waals surface area contributed by atoms with Crippen molar-refractivity contribution in [3.8, 4) is 11.4 Å². The lowest BCUT2D eigenvalue weighted by atomic mass is 10.1. The zero-order chi connectivity index (χ0) is 23.2. The number of hydrogen-bond acceptors (Lipinski definition) is 2. The zero-order valence-electron chi connectivity index (χ0n) is 19.3. The van der Waals surface area contributed by atoms with E-state index in [9.17, 15) is 4.79 Å². The van der Waals surface area contributed by atoms with Crippen LogP contribution >= 0.6 is 0 Å². The minimum absolute atomic E-state index is 0.0342. The van der Waals surface area contributed by atoms with Gasteiger partial charge in [0, 0.05) is 11.5 Å². The third-order valence-corrected chi connectivity index (χ3v) is 6.35. The molecule has 0 bridgehead atoms. The van der Waals surface area contributed by atoms with Gasteiger partial charge >= 0.3 is 0 Å².